The fourth-order valence-electron chi connectivity index (χ4n) is 2.94. The molecule has 0 amide bonds. The minimum Gasteiger partial charge on any atom is -0.340 e. The highest BCUT2D eigenvalue weighted by molar-refractivity contribution is 5.81. The number of imidazole rings is 1. The van der Waals surface area contributed by atoms with Crippen LogP contribution in [0.1, 0.15) is 23.0 Å². The first kappa shape index (κ1) is 18.6. The van der Waals surface area contributed by atoms with Gasteiger partial charge in [-0.2, -0.15) is 26.3 Å². The van der Waals surface area contributed by atoms with Crippen molar-refractivity contribution >= 4 is 17.3 Å². The molecule has 0 saturated carbocycles. The molecule has 3 rings (SSSR count). The van der Waals surface area contributed by atoms with E-state index in [1.165, 1.54) is 0 Å². The molecule has 26 heavy (non-hydrogen) atoms. The first-order valence-electron chi connectivity index (χ1n) is 7.69. The summed E-state index contributed by atoms with van der Waals surface area (Å²) in [6.07, 6.45) is -9.44. The second kappa shape index (κ2) is 6.54. The number of carbonyl (C=O) groups excluding carboxylic acids is 1. The lowest BCUT2D eigenvalue weighted by atomic mass is 10.1. The van der Waals surface area contributed by atoms with Gasteiger partial charge in [-0.1, -0.05) is 0 Å². The number of hydrogen-bond acceptors (Lipinski definition) is 4. The van der Waals surface area contributed by atoms with E-state index in [0.717, 1.165) is 0 Å². The second-order valence-corrected chi connectivity index (χ2v) is 5.90. The van der Waals surface area contributed by atoms with Crippen LogP contribution >= 0.6 is 0 Å². The highest BCUT2D eigenvalue weighted by Gasteiger charge is 2.39. The third-order valence-electron chi connectivity index (χ3n) is 4.19. The molecule has 0 aliphatic carbocycles. The monoisotopic (exact) mass is 380 g/mol. The van der Waals surface area contributed by atoms with Gasteiger partial charge in [0.15, 0.2) is 0 Å². The zero-order chi connectivity index (χ0) is 19.1. The SMILES string of the molecule is O=CC(c1nc2c(C(F)(F)F)cc(C(F)(F)F)cc2[nH]1)N1CCNCC1. The number of H-pyrrole nitrogens is 1. The van der Waals surface area contributed by atoms with Gasteiger partial charge < -0.3 is 15.1 Å². The molecule has 0 radical (unpaired) electrons. The molecular formula is C15H14F6N4O. The van der Waals surface area contributed by atoms with Gasteiger partial charge in [0.1, 0.15) is 23.7 Å². The van der Waals surface area contributed by atoms with Gasteiger partial charge in [-0.15, -0.1) is 0 Å². The average molecular weight is 380 g/mol. The maximum Gasteiger partial charge on any atom is 0.418 e. The van der Waals surface area contributed by atoms with Crippen LogP contribution in [0.15, 0.2) is 12.1 Å². The molecule has 5 nitrogen and oxygen atoms in total. The number of aromatic nitrogens is 2. The Morgan fingerprint density at radius 3 is 2.27 bits per heavy atom. The summed E-state index contributed by atoms with van der Waals surface area (Å²) in [5.74, 6) is -0.110. The third-order valence-corrected chi connectivity index (χ3v) is 4.19. The molecule has 1 aliphatic heterocycles. The molecule has 11 heteroatoms. The molecule has 1 aromatic heterocycles. The van der Waals surface area contributed by atoms with Crippen molar-refractivity contribution in [3.8, 4) is 0 Å². The van der Waals surface area contributed by atoms with E-state index in [1.807, 2.05) is 0 Å². The van der Waals surface area contributed by atoms with E-state index in [2.05, 4.69) is 15.3 Å². The molecule has 0 bridgehead atoms. The number of aromatic amines is 1. The molecule has 1 fully saturated rings. The Bertz CT molecular complexity index is 807. The van der Waals surface area contributed by atoms with Crippen molar-refractivity contribution in [1.29, 1.82) is 0 Å². The fourth-order valence-corrected chi connectivity index (χ4v) is 2.94. The first-order chi connectivity index (χ1) is 12.1. The number of hydrogen-bond donors (Lipinski definition) is 2. The van der Waals surface area contributed by atoms with E-state index in [4.69, 9.17) is 0 Å². The van der Waals surface area contributed by atoms with Crippen molar-refractivity contribution in [2.24, 2.45) is 0 Å². The predicted octanol–water partition coefficient (Wildman–Crippen LogP) is 2.75. The summed E-state index contributed by atoms with van der Waals surface area (Å²) in [6.45, 7) is 2.08. The lowest BCUT2D eigenvalue weighted by molar-refractivity contribution is -0.142. The van der Waals surface area contributed by atoms with E-state index in [-0.39, 0.29) is 11.9 Å². The summed E-state index contributed by atoms with van der Waals surface area (Å²) in [4.78, 5) is 19.4. The van der Waals surface area contributed by atoms with Crippen LogP contribution in [0.4, 0.5) is 26.3 Å². The molecule has 0 spiro atoms. The summed E-state index contributed by atoms with van der Waals surface area (Å²) in [5.41, 5.74) is -3.97. The summed E-state index contributed by atoms with van der Waals surface area (Å²) in [5, 5.41) is 3.06. The van der Waals surface area contributed by atoms with Crippen molar-refractivity contribution in [2.45, 2.75) is 18.4 Å². The molecule has 2 N–H and O–H groups in total. The van der Waals surface area contributed by atoms with E-state index in [0.29, 0.717) is 38.5 Å². The molecule has 1 aromatic carbocycles. The van der Waals surface area contributed by atoms with E-state index in [1.54, 1.807) is 4.90 Å². The van der Waals surface area contributed by atoms with Crippen LogP contribution in [0, 0.1) is 0 Å². The van der Waals surface area contributed by atoms with Crippen LogP contribution < -0.4 is 5.32 Å². The topological polar surface area (TPSA) is 61.0 Å². The van der Waals surface area contributed by atoms with Crippen LogP contribution in [0.2, 0.25) is 0 Å². The standard InChI is InChI=1S/C15H14F6N4O/c16-14(17,18)8-5-9(15(19,20)21)12-10(6-8)23-13(24-12)11(7-26)25-3-1-22-2-4-25/h5-7,11,22H,1-4H2,(H,23,24). The summed E-state index contributed by atoms with van der Waals surface area (Å²) >= 11 is 0. The smallest absolute Gasteiger partial charge is 0.340 e. The second-order valence-electron chi connectivity index (χ2n) is 5.90. The quantitative estimate of drug-likeness (QED) is 0.635. The Balaban J connectivity index is 2.13. The number of fused-ring (bicyclic) bond motifs is 1. The molecule has 1 aliphatic rings. The Kier molecular flexibility index (Phi) is 4.69. The lowest BCUT2D eigenvalue weighted by Crippen LogP contribution is -2.45. The van der Waals surface area contributed by atoms with Gasteiger partial charge in [-0.05, 0) is 12.1 Å². The number of halogens is 6. The third kappa shape index (κ3) is 3.54. The number of benzene rings is 1. The lowest BCUT2D eigenvalue weighted by Gasteiger charge is -2.30. The normalized spacial score (nSPS) is 18.2. The fraction of sp³-hybridized carbons (Fsp3) is 0.467. The van der Waals surface area contributed by atoms with E-state index < -0.39 is 40.6 Å². The van der Waals surface area contributed by atoms with Crippen LogP contribution in [0.3, 0.4) is 0 Å². The van der Waals surface area contributed by atoms with Crippen molar-refractivity contribution in [2.75, 3.05) is 26.2 Å². The number of nitrogens with one attached hydrogen (secondary N) is 2. The van der Waals surface area contributed by atoms with Crippen molar-refractivity contribution in [3.63, 3.8) is 0 Å². The largest absolute Gasteiger partial charge is 0.418 e. The van der Waals surface area contributed by atoms with E-state index >= 15 is 0 Å². The summed E-state index contributed by atoms with van der Waals surface area (Å²) < 4.78 is 78.5. The number of nitrogens with zero attached hydrogens (tertiary/aromatic N) is 2. The van der Waals surface area contributed by atoms with Crippen LogP contribution in [0.25, 0.3) is 11.0 Å². The minimum absolute atomic E-state index is 0.0354. The number of alkyl halides is 6. The van der Waals surface area contributed by atoms with Crippen molar-refractivity contribution < 1.29 is 31.1 Å². The first-order valence-corrected chi connectivity index (χ1v) is 7.69. The van der Waals surface area contributed by atoms with Gasteiger partial charge in [0.05, 0.1) is 16.6 Å². The highest BCUT2D eigenvalue weighted by Crippen LogP contribution is 2.39. The predicted molar refractivity (Wildman–Crippen MR) is 79.3 cm³/mol. The Morgan fingerprint density at radius 1 is 1.08 bits per heavy atom. The van der Waals surface area contributed by atoms with Crippen LogP contribution in [-0.2, 0) is 17.1 Å². The van der Waals surface area contributed by atoms with Gasteiger partial charge in [-0.3, -0.25) is 4.90 Å². The van der Waals surface area contributed by atoms with Gasteiger partial charge in [0, 0.05) is 26.2 Å². The Morgan fingerprint density at radius 2 is 1.73 bits per heavy atom. The molecule has 1 saturated heterocycles. The van der Waals surface area contributed by atoms with Gasteiger partial charge in [-0.25, -0.2) is 4.98 Å². The molecule has 1 atom stereocenters. The number of rotatable bonds is 3. The molecular weight excluding hydrogens is 366 g/mol. The van der Waals surface area contributed by atoms with Crippen molar-refractivity contribution in [1.82, 2.24) is 20.2 Å². The number of aldehydes is 1. The van der Waals surface area contributed by atoms with Gasteiger partial charge in [0.2, 0.25) is 0 Å². The maximum atomic E-state index is 13.2. The van der Waals surface area contributed by atoms with Gasteiger partial charge >= 0.3 is 12.4 Å². The molecule has 2 aromatic rings. The van der Waals surface area contributed by atoms with E-state index in [9.17, 15) is 31.1 Å². The summed E-state index contributed by atoms with van der Waals surface area (Å²) in [6, 6.07) is -0.353. The molecule has 1 unspecified atom stereocenters. The molecule has 2 heterocycles. The number of piperazine rings is 1. The van der Waals surface area contributed by atoms with Crippen LogP contribution in [0.5, 0.6) is 0 Å². The minimum atomic E-state index is -5.02. The van der Waals surface area contributed by atoms with Crippen LogP contribution in [-0.4, -0.2) is 47.3 Å². The maximum absolute atomic E-state index is 13.2. The summed E-state index contributed by atoms with van der Waals surface area (Å²) in [7, 11) is 0. The Labute approximate surface area is 143 Å². The highest BCUT2D eigenvalue weighted by atomic mass is 19.4. The van der Waals surface area contributed by atoms with Gasteiger partial charge in [0.25, 0.3) is 0 Å². The Hall–Kier alpha value is -2.14. The molecule has 142 valence electrons. The average Bonchev–Trinajstić information content (AvgIpc) is 2.97. The zero-order valence-electron chi connectivity index (χ0n) is 13.2. The van der Waals surface area contributed by atoms with Crippen molar-refractivity contribution in [3.05, 3.63) is 29.1 Å². The number of carbonyl (C=O) groups is 1. The zero-order valence-corrected chi connectivity index (χ0v) is 13.2.